The summed E-state index contributed by atoms with van der Waals surface area (Å²) in [6.07, 6.45) is 1.40. The molecule has 0 fully saturated rings. The van der Waals surface area contributed by atoms with Crippen LogP contribution in [0, 0.1) is 5.82 Å². The third-order valence-corrected chi connectivity index (χ3v) is 6.02. The number of thiazole rings is 1. The van der Waals surface area contributed by atoms with Crippen molar-refractivity contribution < 1.29 is 18.3 Å². The van der Waals surface area contributed by atoms with Gasteiger partial charge < -0.3 is 9.15 Å². The van der Waals surface area contributed by atoms with Gasteiger partial charge in [0, 0.05) is 5.39 Å². The molecule has 0 unspecified atom stereocenters. The number of halogens is 1. The molecule has 0 radical (unpaired) electrons. The maximum atomic E-state index is 13.5. The van der Waals surface area contributed by atoms with E-state index < -0.39 is 11.5 Å². The van der Waals surface area contributed by atoms with Crippen LogP contribution in [0.1, 0.15) is 15.9 Å². The normalized spacial score (nSPS) is 11.4. The summed E-state index contributed by atoms with van der Waals surface area (Å²) in [5, 5.41) is 6.19. The number of methoxy groups -OCH3 is 1. The molecule has 168 valence electrons. The number of nitrogens with zero attached hydrogens (tertiary/aromatic N) is 3. The van der Waals surface area contributed by atoms with Crippen LogP contribution in [0.5, 0.6) is 5.75 Å². The molecule has 2 heterocycles. The lowest BCUT2D eigenvalue weighted by Gasteiger charge is -2.13. The number of carbonyl (C=O) groups excluding carboxylic acids is 1. The monoisotopic (exact) mass is 473 g/mol. The largest absolute Gasteiger partial charge is 0.497 e. The van der Waals surface area contributed by atoms with Gasteiger partial charge in [0.25, 0.3) is 5.91 Å². The van der Waals surface area contributed by atoms with Gasteiger partial charge in [0.15, 0.2) is 0 Å². The van der Waals surface area contributed by atoms with Crippen LogP contribution in [0.2, 0.25) is 0 Å². The Morgan fingerprint density at radius 3 is 2.71 bits per heavy atom. The molecular weight excluding hydrogens is 457 g/mol. The van der Waals surface area contributed by atoms with Crippen LogP contribution >= 0.6 is 11.3 Å². The highest BCUT2D eigenvalue weighted by Crippen LogP contribution is 2.32. The molecule has 2 aromatic heterocycles. The van der Waals surface area contributed by atoms with E-state index in [9.17, 15) is 14.0 Å². The summed E-state index contributed by atoms with van der Waals surface area (Å²) in [4.78, 5) is 30.7. The van der Waals surface area contributed by atoms with E-state index in [1.807, 2.05) is 0 Å². The fourth-order valence-electron chi connectivity index (χ4n) is 3.30. The van der Waals surface area contributed by atoms with Crippen LogP contribution in [-0.4, -0.2) is 24.2 Å². The first-order chi connectivity index (χ1) is 16.5. The lowest BCUT2D eigenvalue weighted by molar-refractivity contribution is 0.0984. The summed E-state index contributed by atoms with van der Waals surface area (Å²) in [5.74, 6) is -0.451. The Balaban J connectivity index is 1.61. The Hall–Kier alpha value is -4.37. The van der Waals surface area contributed by atoms with Crippen LogP contribution in [0.4, 0.5) is 9.52 Å². The number of ether oxygens (including phenoxy) is 1. The number of rotatable bonds is 5. The summed E-state index contributed by atoms with van der Waals surface area (Å²) >= 11 is 1.21. The van der Waals surface area contributed by atoms with Crippen molar-refractivity contribution >= 4 is 49.8 Å². The van der Waals surface area contributed by atoms with Crippen LogP contribution < -0.4 is 15.4 Å². The van der Waals surface area contributed by atoms with E-state index in [4.69, 9.17) is 9.15 Å². The molecule has 5 aromatic rings. The molecule has 0 saturated heterocycles. The van der Waals surface area contributed by atoms with E-state index in [1.165, 1.54) is 47.9 Å². The number of benzene rings is 3. The average molecular weight is 473 g/mol. The van der Waals surface area contributed by atoms with Crippen molar-refractivity contribution in [2.75, 3.05) is 12.1 Å². The third-order valence-electron chi connectivity index (χ3n) is 5.02. The minimum absolute atomic E-state index is 0.188. The second-order valence-corrected chi connectivity index (χ2v) is 8.24. The van der Waals surface area contributed by atoms with Crippen molar-refractivity contribution in [2.24, 2.45) is 5.10 Å². The predicted octanol–water partition coefficient (Wildman–Crippen LogP) is 5.23. The van der Waals surface area contributed by atoms with Crippen molar-refractivity contribution in [3.05, 3.63) is 100 Å². The number of fused-ring (bicyclic) bond motifs is 2. The Morgan fingerprint density at radius 1 is 1.12 bits per heavy atom. The van der Waals surface area contributed by atoms with Gasteiger partial charge in [-0.2, -0.15) is 10.1 Å². The second-order valence-electron chi connectivity index (χ2n) is 7.23. The Kier molecular flexibility index (Phi) is 5.60. The van der Waals surface area contributed by atoms with Gasteiger partial charge in [-0.3, -0.25) is 4.79 Å². The average Bonchev–Trinajstić information content (AvgIpc) is 3.27. The minimum Gasteiger partial charge on any atom is -0.497 e. The van der Waals surface area contributed by atoms with E-state index in [2.05, 4.69) is 10.1 Å². The molecule has 0 spiro atoms. The zero-order valence-corrected chi connectivity index (χ0v) is 18.6. The molecule has 9 heteroatoms. The second kappa shape index (κ2) is 8.87. The van der Waals surface area contributed by atoms with Crippen molar-refractivity contribution in [1.29, 1.82) is 0 Å². The van der Waals surface area contributed by atoms with Crippen LogP contribution in [0.15, 0.2) is 87.1 Å². The van der Waals surface area contributed by atoms with Gasteiger partial charge in [-0.05, 0) is 48.0 Å². The van der Waals surface area contributed by atoms with Crippen LogP contribution in [-0.2, 0) is 0 Å². The van der Waals surface area contributed by atoms with Gasteiger partial charge in [-0.1, -0.05) is 41.7 Å². The molecule has 3 aromatic carbocycles. The highest BCUT2D eigenvalue weighted by molar-refractivity contribution is 7.22. The number of hydrogen-bond donors (Lipinski definition) is 0. The fourth-order valence-corrected chi connectivity index (χ4v) is 4.25. The molecule has 5 rings (SSSR count). The topological polar surface area (TPSA) is 85.0 Å². The maximum absolute atomic E-state index is 13.5. The van der Waals surface area contributed by atoms with E-state index in [0.29, 0.717) is 27.8 Å². The highest BCUT2D eigenvalue weighted by atomic mass is 32.1. The predicted molar refractivity (Wildman–Crippen MR) is 129 cm³/mol. The summed E-state index contributed by atoms with van der Waals surface area (Å²) in [5.41, 5.74) is 0.603. The van der Waals surface area contributed by atoms with E-state index in [0.717, 1.165) is 9.71 Å². The molecule has 0 aliphatic rings. The molecule has 0 N–H and O–H groups in total. The number of hydrazone groups is 1. The Morgan fingerprint density at radius 2 is 1.91 bits per heavy atom. The van der Waals surface area contributed by atoms with Crippen molar-refractivity contribution in [2.45, 2.75) is 0 Å². The summed E-state index contributed by atoms with van der Waals surface area (Å²) < 4.78 is 24.7. The standard InChI is InChI=1S/C25H16FN3O4S/c1-32-18-10-11-20-22(13-18)34-25(28-20)29(27-14-15-6-8-17(26)9-7-15)23(30)19-12-16-4-2-3-5-21(16)33-24(19)31/h2-14H,1H3/b27-14+. The first-order valence-corrected chi connectivity index (χ1v) is 10.9. The minimum atomic E-state index is -0.784. The number of carbonyl (C=O) groups is 1. The molecule has 0 aliphatic carbocycles. The third kappa shape index (κ3) is 4.16. The lowest BCUT2D eigenvalue weighted by Crippen LogP contribution is -2.30. The SMILES string of the molecule is COc1ccc2nc(N(/N=C/c3ccc(F)cc3)C(=O)c3cc4ccccc4oc3=O)sc2c1. The number of para-hydroxylation sites is 1. The summed E-state index contributed by atoms with van der Waals surface area (Å²) in [6.45, 7) is 0. The molecule has 0 bridgehead atoms. The van der Waals surface area contributed by atoms with E-state index >= 15 is 0 Å². The zero-order chi connectivity index (χ0) is 23.7. The van der Waals surface area contributed by atoms with Gasteiger partial charge in [0.05, 0.1) is 23.5 Å². The molecule has 0 saturated carbocycles. The molecule has 0 aliphatic heterocycles. The zero-order valence-electron chi connectivity index (χ0n) is 17.8. The molecule has 34 heavy (non-hydrogen) atoms. The molecular formula is C25H16FN3O4S. The number of amides is 1. The molecule has 7 nitrogen and oxygen atoms in total. The summed E-state index contributed by atoms with van der Waals surface area (Å²) in [6, 6.07) is 19.3. The number of hydrogen-bond acceptors (Lipinski definition) is 7. The number of anilines is 1. The maximum Gasteiger partial charge on any atom is 0.349 e. The smallest absolute Gasteiger partial charge is 0.349 e. The van der Waals surface area contributed by atoms with Crippen molar-refractivity contribution in [1.82, 2.24) is 4.98 Å². The van der Waals surface area contributed by atoms with Gasteiger partial charge >= 0.3 is 5.63 Å². The van der Waals surface area contributed by atoms with Gasteiger partial charge in [0.2, 0.25) is 5.13 Å². The fraction of sp³-hybridized carbons (Fsp3) is 0.0400. The van der Waals surface area contributed by atoms with Gasteiger partial charge in [-0.25, -0.2) is 14.2 Å². The van der Waals surface area contributed by atoms with Gasteiger partial charge in [0.1, 0.15) is 22.7 Å². The molecule has 0 atom stereocenters. The highest BCUT2D eigenvalue weighted by Gasteiger charge is 2.25. The van der Waals surface area contributed by atoms with Crippen molar-refractivity contribution in [3.8, 4) is 5.75 Å². The van der Waals surface area contributed by atoms with Crippen LogP contribution in [0.3, 0.4) is 0 Å². The van der Waals surface area contributed by atoms with Crippen LogP contribution in [0.25, 0.3) is 21.2 Å². The van der Waals surface area contributed by atoms with E-state index in [1.54, 1.807) is 49.6 Å². The first-order valence-electron chi connectivity index (χ1n) is 10.1. The van der Waals surface area contributed by atoms with Gasteiger partial charge in [-0.15, -0.1) is 0 Å². The van der Waals surface area contributed by atoms with Crippen molar-refractivity contribution in [3.63, 3.8) is 0 Å². The summed E-state index contributed by atoms with van der Waals surface area (Å²) in [7, 11) is 1.56. The number of aromatic nitrogens is 1. The lowest BCUT2D eigenvalue weighted by atomic mass is 10.2. The van der Waals surface area contributed by atoms with E-state index in [-0.39, 0.29) is 16.5 Å². The quantitative estimate of drug-likeness (QED) is 0.198. The first kappa shape index (κ1) is 21.5. The Labute approximate surface area is 196 Å². The molecule has 1 amide bonds. The Bertz CT molecular complexity index is 1610.